The molecule has 1 aromatic heterocycles. The molecule has 21 heavy (non-hydrogen) atoms. The lowest BCUT2D eigenvalue weighted by Gasteiger charge is -2.19. The van der Waals surface area contributed by atoms with Crippen LogP contribution >= 0.6 is 11.3 Å². The highest BCUT2D eigenvalue weighted by molar-refractivity contribution is 7.14. The number of carbonyl (C=O) groups excluding carboxylic acids is 1. The minimum Gasteiger partial charge on any atom is -0.357 e. The smallest absolute Gasteiger partial charge is 0.221 e. The lowest BCUT2D eigenvalue weighted by molar-refractivity contribution is -0.114. The van der Waals surface area contributed by atoms with Crippen molar-refractivity contribution in [2.24, 2.45) is 0 Å². The molecule has 0 aliphatic carbocycles. The van der Waals surface area contributed by atoms with Gasteiger partial charge in [0.15, 0.2) is 5.13 Å². The number of hydrogen-bond donors (Lipinski definition) is 2. The molecule has 1 amide bonds. The summed E-state index contributed by atoms with van der Waals surface area (Å²) < 4.78 is 14.1. The third kappa shape index (κ3) is 4.26. The number of anilines is 2. The van der Waals surface area contributed by atoms with E-state index in [1.165, 1.54) is 24.3 Å². The van der Waals surface area contributed by atoms with E-state index in [1.807, 2.05) is 26.2 Å². The molecule has 0 bridgehead atoms. The Hall–Kier alpha value is -1.95. The third-order valence-electron chi connectivity index (χ3n) is 2.55. The lowest BCUT2D eigenvalue weighted by Crippen LogP contribution is -2.25. The normalized spacial score (nSPS) is 11.3. The van der Waals surface area contributed by atoms with Crippen LogP contribution in [0.15, 0.2) is 23.6 Å². The fourth-order valence-electron chi connectivity index (χ4n) is 1.78. The quantitative estimate of drug-likeness (QED) is 0.897. The van der Waals surface area contributed by atoms with Gasteiger partial charge in [-0.15, -0.1) is 11.3 Å². The number of benzene rings is 1. The van der Waals surface area contributed by atoms with Gasteiger partial charge >= 0.3 is 0 Å². The molecule has 1 heterocycles. The van der Waals surface area contributed by atoms with Gasteiger partial charge in [0.1, 0.15) is 5.82 Å². The summed E-state index contributed by atoms with van der Waals surface area (Å²) >= 11 is 1.44. The van der Waals surface area contributed by atoms with Crippen LogP contribution in [0.2, 0.25) is 0 Å². The highest BCUT2D eigenvalue weighted by atomic mass is 32.1. The number of halogens is 1. The number of rotatable bonds is 3. The molecule has 0 unspecified atom stereocenters. The maximum atomic E-state index is 14.1. The second-order valence-corrected chi connectivity index (χ2v) is 6.65. The van der Waals surface area contributed by atoms with E-state index in [2.05, 4.69) is 15.6 Å². The Morgan fingerprint density at radius 1 is 1.33 bits per heavy atom. The molecule has 0 atom stereocenters. The summed E-state index contributed by atoms with van der Waals surface area (Å²) in [6, 6.07) is 4.58. The predicted molar refractivity (Wildman–Crippen MR) is 85.2 cm³/mol. The lowest BCUT2D eigenvalue weighted by atomic mass is 10.1. The zero-order chi connectivity index (χ0) is 15.6. The van der Waals surface area contributed by atoms with Crippen molar-refractivity contribution in [1.82, 2.24) is 4.98 Å². The summed E-state index contributed by atoms with van der Waals surface area (Å²) in [7, 11) is 0. The van der Waals surface area contributed by atoms with Crippen molar-refractivity contribution in [2.45, 2.75) is 33.2 Å². The first-order valence-corrected chi connectivity index (χ1v) is 7.44. The summed E-state index contributed by atoms with van der Waals surface area (Å²) in [5.74, 6) is -0.638. The summed E-state index contributed by atoms with van der Waals surface area (Å²) in [5.41, 5.74) is 1.34. The van der Waals surface area contributed by atoms with Gasteiger partial charge in [0, 0.05) is 29.1 Å². The van der Waals surface area contributed by atoms with E-state index in [4.69, 9.17) is 0 Å². The highest BCUT2D eigenvalue weighted by Crippen LogP contribution is 2.29. The number of nitrogens with one attached hydrogen (secondary N) is 2. The van der Waals surface area contributed by atoms with Crippen LogP contribution < -0.4 is 10.6 Å². The van der Waals surface area contributed by atoms with Crippen LogP contribution in [-0.4, -0.2) is 16.4 Å². The molecule has 0 aliphatic heterocycles. The Labute approximate surface area is 127 Å². The van der Waals surface area contributed by atoms with E-state index in [1.54, 1.807) is 12.1 Å². The van der Waals surface area contributed by atoms with Crippen molar-refractivity contribution >= 4 is 28.1 Å². The number of nitrogens with zero attached hydrogens (tertiary/aromatic N) is 1. The van der Waals surface area contributed by atoms with Crippen LogP contribution in [0.25, 0.3) is 11.3 Å². The van der Waals surface area contributed by atoms with Gasteiger partial charge in [-0.3, -0.25) is 4.79 Å². The van der Waals surface area contributed by atoms with Crippen LogP contribution in [0, 0.1) is 5.82 Å². The number of aromatic nitrogens is 1. The fourth-order valence-corrected chi connectivity index (χ4v) is 2.70. The molecule has 0 spiro atoms. The van der Waals surface area contributed by atoms with E-state index in [0.717, 1.165) is 5.13 Å². The maximum absolute atomic E-state index is 14.1. The minimum absolute atomic E-state index is 0.0943. The standard InChI is InChI=1S/C15H18FN3OS/c1-9(20)17-10-5-6-11(12(16)7-10)13-8-21-14(18-13)19-15(2,3)4/h5-8H,1-4H3,(H,17,20)(H,18,19). The largest absolute Gasteiger partial charge is 0.357 e. The van der Waals surface area contributed by atoms with Gasteiger partial charge in [-0.05, 0) is 39.0 Å². The average molecular weight is 307 g/mol. The molecule has 4 nitrogen and oxygen atoms in total. The predicted octanol–water partition coefficient (Wildman–Crippen LogP) is 4.12. The number of carbonyl (C=O) groups is 1. The van der Waals surface area contributed by atoms with Crippen LogP contribution in [0.3, 0.4) is 0 Å². The molecule has 2 rings (SSSR count). The summed E-state index contributed by atoms with van der Waals surface area (Å²) in [4.78, 5) is 15.4. The van der Waals surface area contributed by atoms with E-state index < -0.39 is 5.82 Å². The van der Waals surface area contributed by atoms with Crippen LogP contribution in [0.5, 0.6) is 0 Å². The number of hydrogen-bond acceptors (Lipinski definition) is 4. The molecule has 2 N–H and O–H groups in total. The monoisotopic (exact) mass is 307 g/mol. The molecule has 6 heteroatoms. The van der Waals surface area contributed by atoms with Gasteiger partial charge in [0.25, 0.3) is 0 Å². The van der Waals surface area contributed by atoms with Gasteiger partial charge < -0.3 is 10.6 Å². The zero-order valence-electron chi connectivity index (χ0n) is 12.5. The number of amides is 1. The van der Waals surface area contributed by atoms with Gasteiger partial charge in [0.2, 0.25) is 5.91 Å². The first-order valence-electron chi connectivity index (χ1n) is 6.56. The van der Waals surface area contributed by atoms with E-state index in [9.17, 15) is 9.18 Å². The first-order chi connectivity index (χ1) is 9.74. The first kappa shape index (κ1) is 15.4. The van der Waals surface area contributed by atoms with E-state index in [0.29, 0.717) is 16.9 Å². The average Bonchev–Trinajstić information content (AvgIpc) is 2.74. The van der Waals surface area contributed by atoms with Crippen LogP contribution in [-0.2, 0) is 4.79 Å². The fraction of sp³-hybridized carbons (Fsp3) is 0.333. The zero-order valence-corrected chi connectivity index (χ0v) is 13.3. The summed E-state index contributed by atoms with van der Waals surface area (Å²) in [6.45, 7) is 7.50. The van der Waals surface area contributed by atoms with Crippen molar-refractivity contribution in [1.29, 1.82) is 0 Å². The molecule has 2 aromatic rings. The molecular formula is C15H18FN3OS. The second-order valence-electron chi connectivity index (χ2n) is 5.79. The SMILES string of the molecule is CC(=O)Nc1ccc(-c2csc(NC(C)(C)C)n2)c(F)c1. The molecular weight excluding hydrogens is 289 g/mol. The Bertz CT molecular complexity index is 661. The molecule has 1 aromatic carbocycles. The second kappa shape index (κ2) is 5.81. The van der Waals surface area contributed by atoms with Gasteiger partial charge in [-0.25, -0.2) is 9.37 Å². The van der Waals surface area contributed by atoms with Crippen LogP contribution in [0.4, 0.5) is 15.2 Å². The molecule has 0 saturated heterocycles. The Morgan fingerprint density at radius 2 is 2.05 bits per heavy atom. The summed E-state index contributed by atoms with van der Waals surface area (Å²) in [5, 5.41) is 8.37. The highest BCUT2D eigenvalue weighted by Gasteiger charge is 2.14. The van der Waals surface area contributed by atoms with Crippen molar-refractivity contribution in [3.63, 3.8) is 0 Å². The van der Waals surface area contributed by atoms with E-state index >= 15 is 0 Å². The number of thiazole rings is 1. The Kier molecular flexibility index (Phi) is 4.27. The molecule has 112 valence electrons. The minimum atomic E-state index is -0.408. The van der Waals surface area contributed by atoms with E-state index in [-0.39, 0.29) is 11.4 Å². The maximum Gasteiger partial charge on any atom is 0.221 e. The van der Waals surface area contributed by atoms with Gasteiger partial charge in [0.05, 0.1) is 5.69 Å². The molecule has 0 aliphatic rings. The Morgan fingerprint density at radius 3 is 2.62 bits per heavy atom. The van der Waals surface area contributed by atoms with Crippen molar-refractivity contribution in [3.8, 4) is 11.3 Å². The molecule has 0 fully saturated rings. The van der Waals surface area contributed by atoms with Gasteiger partial charge in [-0.1, -0.05) is 0 Å². The summed E-state index contributed by atoms with van der Waals surface area (Å²) in [6.07, 6.45) is 0. The van der Waals surface area contributed by atoms with Gasteiger partial charge in [-0.2, -0.15) is 0 Å². The van der Waals surface area contributed by atoms with Crippen LogP contribution in [0.1, 0.15) is 27.7 Å². The van der Waals surface area contributed by atoms with Crippen molar-refractivity contribution in [3.05, 3.63) is 29.4 Å². The topological polar surface area (TPSA) is 54.0 Å². The van der Waals surface area contributed by atoms with Crippen molar-refractivity contribution in [2.75, 3.05) is 10.6 Å². The molecule has 0 saturated carbocycles. The third-order valence-corrected chi connectivity index (χ3v) is 3.31. The van der Waals surface area contributed by atoms with Crippen molar-refractivity contribution < 1.29 is 9.18 Å². The Balaban J connectivity index is 2.24. The molecule has 0 radical (unpaired) electrons.